The van der Waals surface area contributed by atoms with Gasteiger partial charge in [0.15, 0.2) is 11.7 Å². The van der Waals surface area contributed by atoms with Gasteiger partial charge in [0.25, 0.3) is 22.7 Å². The van der Waals surface area contributed by atoms with E-state index in [-0.39, 0.29) is 28.5 Å². The highest BCUT2D eigenvalue weighted by atomic mass is 32.2. The summed E-state index contributed by atoms with van der Waals surface area (Å²) in [4.78, 5) is 49.2. The normalized spacial score (nSPS) is 14.9. The van der Waals surface area contributed by atoms with Crippen LogP contribution in [0.4, 0.5) is 15.6 Å². The number of nitrogens with one attached hydrogen (secondary N) is 2. The molecular weight excluding hydrogens is 396 g/mol. The molecule has 3 amide bonds. The smallest absolute Gasteiger partial charge is 0.290 e. The number of benzene rings is 1. The van der Waals surface area contributed by atoms with Crippen molar-refractivity contribution in [1.82, 2.24) is 10.3 Å². The van der Waals surface area contributed by atoms with Gasteiger partial charge in [-0.15, -0.1) is 11.3 Å². The van der Waals surface area contributed by atoms with E-state index in [2.05, 4.69) is 15.6 Å². The zero-order chi connectivity index (χ0) is 19.4. The number of aromatic nitrogens is 1. The van der Waals surface area contributed by atoms with Gasteiger partial charge in [0.05, 0.1) is 9.83 Å². The number of hydrogen-bond donors (Lipinski definition) is 2. The lowest BCUT2D eigenvalue weighted by molar-refractivity contribution is -0.384. The SMILES string of the molecule is O=C(COc1ccc([N+](=O)[O-])cc1/C=C1\SC(=O)NC1=O)Nc1nccs1. The number of imide groups is 1. The molecule has 1 fully saturated rings. The number of rotatable bonds is 6. The Balaban J connectivity index is 1.80. The van der Waals surface area contributed by atoms with Crippen LogP contribution in [0, 0.1) is 10.1 Å². The van der Waals surface area contributed by atoms with Crippen molar-refractivity contribution in [2.75, 3.05) is 11.9 Å². The largest absolute Gasteiger partial charge is 0.483 e. The maximum absolute atomic E-state index is 11.9. The van der Waals surface area contributed by atoms with Crippen LogP contribution in [-0.2, 0) is 9.59 Å². The summed E-state index contributed by atoms with van der Waals surface area (Å²) in [6.07, 6.45) is 2.83. The summed E-state index contributed by atoms with van der Waals surface area (Å²) >= 11 is 1.91. The number of thiazole rings is 1. The van der Waals surface area contributed by atoms with Gasteiger partial charge in [-0.2, -0.15) is 0 Å². The molecule has 2 N–H and O–H groups in total. The van der Waals surface area contributed by atoms with E-state index in [0.717, 1.165) is 0 Å². The van der Waals surface area contributed by atoms with E-state index in [1.165, 1.54) is 41.8 Å². The Kier molecular flexibility index (Phi) is 5.47. The van der Waals surface area contributed by atoms with Gasteiger partial charge < -0.3 is 4.74 Å². The molecule has 0 spiro atoms. The highest BCUT2D eigenvalue weighted by molar-refractivity contribution is 8.18. The third-order valence-corrected chi connectivity index (χ3v) is 4.67. The Hall–Kier alpha value is -3.25. The molecule has 3 rings (SSSR count). The standard InChI is InChI=1S/C15H10N4O6S2/c20-12(17-14-16-3-4-26-14)7-25-10-2-1-9(19(23)24)5-8(10)6-11-13(21)18-15(22)27-11/h1-6H,7H2,(H,16,17,20)(H,18,21,22)/b11-6-. The Labute approximate surface area is 159 Å². The van der Waals surface area contributed by atoms with Crippen molar-refractivity contribution in [1.29, 1.82) is 0 Å². The van der Waals surface area contributed by atoms with E-state index in [1.54, 1.807) is 5.38 Å². The van der Waals surface area contributed by atoms with E-state index in [0.29, 0.717) is 16.9 Å². The van der Waals surface area contributed by atoms with Crippen LogP contribution >= 0.6 is 23.1 Å². The van der Waals surface area contributed by atoms with Crippen molar-refractivity contribution in [3.63, 3.8) is 0 Å². The van der Waals surface area contributed by atoms with E-state index in [1.807, 2.05) is 0 Å². The molecule has 1 aromatic heterocycles. The first-order valence-corrected chi connectivity index (χ1v) is 8.97. The Bertz CT molecular complexity index is 957. The Morgan fingerprint density at radius 3 is 2.85 bits per heavy atom. The molecule has 10 nitrogen and oxygen atoms in total. The summed E-state index contributed by atoms with van der Waals surface area (Å²) in [5.74, 6) is -0.927. The molecule has 2 heterocycles. The molecule has 12 heteroatoms. The molecule has 1 aliphatic heterocycles. The number of anilines is 1. The summed E-state index contributed by atoms with van der Waals surface area (Å²) in [7, 11) is 0. The molecular formula is C15H10N4O6S2. The fourth-order valence-corrected chi connectivity index (χ4v) is 3.26. The van der Waals surface area contributed by atoms with Crippen molar-refractivity contribution in [2.24, 2.45) is 0 Å². The van der Waals surface area contributed by atoms with Gasteiger partial charge in [-0.1, -0.05) is 0 Å². The Morgan fingerprint density at radius 1 is 1.41 bits per heavy atom. The summed E-state index contributed by atoms with van der Waals surface area (Å²) < 4.78 is 5.43. The molecule has 1 aromatic carbocycles. The third-order valence-electron chi connectivity index (χ3n) is 3.17. The summed E-state index contributed by atoms with van der Waals surface area (Å²) in [5, 5.41) is 17.2. The minimum absolute atomic E-state index is 0.0672. The molecule has 0 bridgehead atoms. The van der Waals surface area contributed by atoms with Gasteiger partial charge in [-0.3, -0.25) is 35.1 Å². The van der Waals surface area contributed by atoms with Crippen LogP contribution in [0.5, 0.6) is 5.75 Å². The zero-order valence-electron chi connectivity index (χ0n) is 13.3. The number of non-ortho nitro benzene ring substituents is 1. The van der Waals surface area contributed by atoms with Crippen LogP contribution in [0.3, 0.4) is 0 Å². The topological polar surface area (TPSA) is 141 Å². The average molecular weight is 406 g/mol. The van der Waals surface area contributed by atoms with Gasteiger partial charge in [0, 0.05) is 29.3 Å². The summed E-state index contributed by atoms with van der Waals surface area (Å²) in [6, 6.07) is 3.72. The van der Waals surface area contributed by atoms with Gasteiger partial charge in [-0.25, -0.2) is 4.98 Å². The van der Waals surface area contributed by atoms with Crippen molar-refractivity contribution in [2.45, 2.75) is 0 Å². The molecule has 0 saturated carbocycles. The molecule has 0 aliphatic carbocycles. The highest BCUT2D eigenvalue weighted by Gasteiger charge is 2.26. The number of carbonyl (C=O) groups excluding carboxylic acids is 3. The highest BCUT2D eigenvalue weighted by Crippen LogP contribution is 2.31. The second-order valence-corrected chi connectivity index (χ2v) is 6.91. The number of hydrogen-bond acceptors (Lipinski definition) is 9. The molecule has 2 aromatic rings. The van der Waals surface area contributed by atoms with Crippen molar-refractivity contribution in [3.8, 4) is 5.75 Å². The lowest BCUT2D eigenvalue weighted by Gasteiger charge is -2.09. The van der Waals surface area contributed by atoms with Gasteiger partial charge >= 0.3 is 0 Å². The predicted octanol–water partition coefficient (Wildman–Crippen LogP) is 2.39. The molecule has 1 aliphatic rings. The van der Waals surface area contributed by atoms with Gasteiger partial charge in [0.1, 0.15) is 5.75 Å². The third kappa shape index (κ3) is 4.68. The first kappa shape index (κ1) is 18.5. The van der Waals surface area contributed by atoms with Crippen LogP contribution in [0.2, 0.25) is 0 Å². The first-order valence-electron chi connectivity index (χ1n) is 7.28. The average Bonchev–Trinajstić information content (AvgIpc) is 3.23. The van der Waals surface area contributed by atoms with E-state index < -0.39 is 22.0 Å². The van der Waals surface area contributed by atoms with Crippen LogP contribution in [0.1, 0.15) is 5.56 Å². The second kappa shape index (κ2) is 7.97. The maximum Gasteiger partial charge on any atom is 0.290 e. The summed E-state index contributed by atoms with van der Waals surface area (Å²) in [5.41, 5.74) is -0.0326. The Morgan fingerprint density at radius 2 is 2.22 bits per heavy atom. The van der Waals surface area contributed by atoms with Crippen molar-refractivity contribution in [3.05, 3.63) is 50.4 Å². The number of amides is 3. The number of thioether (sulfide) groups is 1. The predicted molar refractivity (Wildman–Crippen MR) is 98.4 cm³/mol. The molecule has 0 unspecified atom stereocenters. The zero-order valence-corrected chi connectivity index (χ0v) is 15.0. The van der Waals surface area contributed by atoms with E-state index in [4.69, 9.17) is 4.74 Å². The van der Waals surface area contributed by atoms with Crippen LogP contribution < -0.4 is 15.4 Å². The minimum atomic E-state index is -0.607. The maximum atomic E-state index is 11.9. The van der Waals surface area contributed by atoms with Crippen LogP contribution in [0.25, 0.3) is 6.08 Å². The second-order valence-electron chi connectivity index (χ2n) is 5.01. The number of nitro groups is 1. The van der Waals surface area contributed by atoms with Crippen LogP contribution in [-0.4, -0.2) is 33.6 Å². The number of ether oxygens (including phenoxy) is 1. The quantitative estimate of drug-likeness (QED) is 0.423. The molecule has 0 atom stereocenters. The molecule has 27 heavy (non-hydrogen) atoms. The van der Waals surface area contributed by atoms with E-state index >= 15 is 0 Å². The lowest BCUT2D eigenvalue weighted by atomic mass is 10.1. The fourth-order valence-electron chi connectivity index (χ4n) is 2.04. The molecule has 138 valence electrons. The fraction of sp³-hybridized carbons (Fsp3) is 0.0667. The van der Waals surface area contributed by atoms with Gasteiger partial charge in [0.2, 0.25) is 0 Å². The number of nitro benzene ring substituents is 1. The molecule has 1 saturated heterocycles. The summed E-state index contributed by atoms with van der Waals surface area (Å²) in [6.45, 7) is -0.369. The monoisotopic (exact) mass is 406 g/mol. The van der Waals surface area contributed by atoms with Crippen LogP contribution in [0.15, 0.2) is 34.7 Å². The lowest BCUT2D eigenvalue weighted by Crippen LogP contribution is -2.20. The van der Waals surface area contributed by atoms with Crippen molar-refractivity contribution < 1.29 is 24.0 Å². The first-order chi connectivity index (χ1) is 12.9. The molecule has 0 radical (unpaired) electrons. The minimum Gasteiger partial charge on any atom is -0.483 e. The van der Waals surface area contributed by atoms with Gasteiger partial charge in [-0.05, 0) is 23.9 Å². The van der Waals surface area contributed by atoms with Crippen molar-refractivity contribution >= 4 is 57.0 Å². The number of nitrogens with zero attached hydrogens (tertiary/aromatic N) is 2. The van der Waals surface area contributed by atoms with E-state index in [9.17, 15) is 24.5 Å². The number of carbonyl (C=O) groups is 3.